The van der Waals surface area contributed by atoms with Crippen molar-refractivity contribution in [1.29, 1.82) is 0 Å². The molecule has 1 aromatic rings. The Bertz CT molecular complexity index is 421. The van der Waals surface area contributed by atoms with Gasteiger partial charge in [0.15, 0.2) is 11.5 Å². The molecule has 0 saturated carbocycles. The molecule has 114 valence electrons. The number of hydrogen-bond donors (Lipinski definition) is 1. The Kier molecular flexibility index (Phi) is 7.17. The van der Waals surface area contributed by atoms with Crippen LogP contribution >= 0.6 is 11.6 Å². The maximum absolute atomic E-state index is 6.34. The largest absolute Gasteiger partial charge is 0.493 e. The monoisotopic (exact) mass is 299 g/mol. The fraction of sp³-hybridized carbons (Fsp3) is 0.625. The number of ether oxygens (including phenoxy) is 2. The van der Waals surface area contributed by atoms with Crippen LogP contribution in [0.4, 0.5) is 0 Å². The van der Waals surface area contributed by atoms with Crippen molar-refractivity contribution in [3.63, 3.8) is 0 Å². The van der Waals surface area contributed by atoms with Crippen molar-refractivity contribution in [2.45, 2.75) is 59.2 Å². The van der Waals surface area contributed by atoms with Crippen LogP contribution in [0.15, 0.2) is 12.1 Å². The van der Waals surface area contributed by atoms with Crippen molar-refractivity contribution < 1.29 is 9.47 Å². The van der Waals surface area contributed by atoms with E-state index in [1.54, 1.807) is 7.11 Å². The first-order chi connectivity index (χ1) is 9.47. The van der Waals surface area contributed by atoms with Gasteiger partial charge in [-0.15, -0.1) is 0 Å². The number of hydrogen-bond acceptors (Lipinski definition) is 3. The predicted molar refractivity (Wildman–Crippen MR) is 85.0 cm³/mol. The van der Waals surface area contributed by atoms with E-state index in [0.29, 0.717) is 22.6 Å². The molecule has 3 nitrogen and oxygen atoms in total. The summed E-state index contributed by atoms with van der Waals surface area (Å²) in [6.45, 7) is 9.18. The van der Waals surface area contributed by atoms with Gasteiger partial charge in [-0.2, -0.15) is 0 Å². The van der Waals surface area contributed by atoms with Crippen LogP contribution in [0, 0.1) is 0 Å². The molecular weight excluding hydrogens is 274 g/mol. The molecule has 0 aliphatic rings. The zero-order valence-electron chi connectivity index (χ0n) is 13.1. The minimum Gasteiger partial charge on any atom is -0.493 e. The maximum atomic E-state index is 6.34. The molecule has 0 heterocycles. The topological polar surface area (TPSA) is 30.5 Å². The quantitative estimate of drug-likeness (QED) is 0.771. The smallest absolute Gasteiger partial charge is 0.180 e. The normalized spacial score (nSPS) is 12.6. The molecule has 0 bridgehead atoms. The molecular formula is C16H26ClNO2. The van der Waals surface area contributed by atoms with Gasteiger partial charge in [0, 0.05) is 12.6 Å². The van der Waals surface area contributed by atoms with Gasteiger partial charge in [-0.25, -0.2) is 0 Å². The van der Waals surface area contributed by atoms with Gasteiger partial charge in [0.05, 0.1) is 18.2 Å². The number of methoxy groups -OCH3 is 1. The highest BCUT2D eigenvalue weighted by Gasteiger charge is 2.14. The molecule has 1 rings (SSSR count). The zero-order valence-corrected chi connectivity index (χ0v) is 13.9. The lowest BCUT2D eigenvalue weighted by Gasteiger charge is -2.19. The van der Waals surface area contributed by atoms with Crippen molar-refractivity contribution >= 4 is 11.6 Å². The van der Waals surface area contributed by atoms with E-state index in [1.165, 1.54) is 0 Å². The van der Waals surface area contributed by atoms with Crippen LogP contribution in [-0.4, -0.2) is 19.3 Å². The highest BCUT2D eigenvalue weighted by molar-refractivity contribution is 6.32. The van der Waals surface area contributed by atoms with Gasteiger partial charge in [0.2, 0.25) is 0 Å². The zero-order chi connectivity index (χ0) is 15.1. The SMILES string of the molecule is CCCC(C)Oc1c(Cl)cc(CNC(C)C)cc1OC. The standard InChI is InChI=1S/C16H26ClNO2/c1-6-7-12(4)20-16-14(17)8-13(9-15(16)19-5)10-18-11(2)3/h8-9,11-12,18H,6-7,10H2,1-5H3. The summed E-state index contributed by atoms with van der Waals surface area (Å²) in [6, 6.07) is 4.35. The average molecular weight is 300 g/mol. The highest BCUT2D eigenvalue weighted by atomic mass is 35.5. The summed E-state index contributed by atoms with van der Waals surface area (Å²) in [4.78, 5) is 0. The molecule has 1 atom stereocenters. The molecule has 0 aromatic heterocycles. The van der Waals surface area contributed by atoms with Gasteiger partial charge in [-0.1, -0.05) is 38.8 Å². The first-order valence-electron chi connectivity index (χ1n) is 7.24. The maximum Gasteiger partial charge on any atom is 0.180 e. The summed E-state index contributed by atoms with van der Waals surface area (Å²) >= 11 is 6.34. The molecule has 20 heavy (non-hydrogen) atoms. The van der Waals surface area contributed by atoms with Crippen LogP contribution in [0.5, 0.6) is 11.5 Å². The minimum atomic E-state index is 0.131. The molecule has 1 unspecified atom stereocenters. The van der Waals surface area contributed by atoms with Gasteiger partial charge in [0.1, 0.15) is 0 Å². The summed E-state index contributed by atoms with van der Waals surface area (Å²) in [5, 5.41) is 3.97. The van der Waals surface area contributed by atoms with Crippen LogP contribution in [-0.2, 0) is 6.54 Å². The highest BCUT2D eigenvalue weighted by Crippen LogP contribution is 2.37. The fourth-order valence-corrected chi connectivity index (χ4v) is 2.26. The van der Waals surface area contributed by atoms with Crippen LogP contribution in [0.3, 0.4) is 0 Å². The molecule has 1 aromatic carbocycles. The van der Waals surface area contributed by atoms with E-state index in [4.69, 9.17) is 21.1 Å². The van der Waals surface area contributed by atoms with Crippen LogP contribution < -0.4 is 14.8 Å². The molecule has 0 spiro atoms. The third-order valence-electron chi connectivity index (χ3n) is 3.02. The lowest BCUT2D eigenvalue weighted by Crippen LogP contribution is -2.21. The van der Waals surface area contributed by atoms with E-state index in [9.17, 15) is 0 Å². The lowest BCUT2D eigenvalue weighted by molar-refractivity contribution is 0.201. The van der Waals surface area contributed by atoms with Crippen LogP contribution in [0.1, 0.15) is 46.1 Å². The molecule has 0 aliphatic heterocycles. The van der Waals surface area contributed by atoms with Crippen LogP contribution in [0.2, 0.25) is 5.02 Å². The Balaban J connectivity index is 2.90. The third kappa shape index (κ3) is 5.22. The van der Waals surface area contributed by atoms with E-state index < -0.39 is 0 Å². The number of rotatable bonds is 8. The van der Waals surface area contributed by atoms with Crippen LogP contribution in [0.25, 0.3) is 0 Å². The van der Waals surface area contributed by atoms with Gasteiger partial charge in [-0.3, -0.25) is 0 Å². The Labute approximate surface area is 127 Å². The molecule has 0 aliphatic carbocycles. The van der Waals surface area contributed by atoms with Gasteiger partial charge < -0.3 is 14.8 Å². The van der Waals surface area contributed by atoms with E-state index >= 15 is 0 Å². The van der Waals surface area contributed by atoms with E-state index in [0.717, 1.165) is 24.9 Å². The summed E-state index contributed by atoms with van der Waals surface area (Å²) in [7, 11) is 1.64. The molecule has 4 heteroatoms. The molecule has 1 N–H and O–H groups in total. The number of halogens is 1. The second-order valence-electron chi connectivity index (χ2n) is 5.36. The fourth-order valence-electron chi connectivity index (χ4n) is 1.98. The second-order valence-corrected chi connectivity index (χ2v) is 5.77. The number of benzene rings is 1. The van der Waals surface area contributed by atoms with E-state index in [-0.39, 0.29) is 6.10 Å². The van der Waals surface area contributed by atoms with Crippen molar-refractivity contribution in [2.75, 3.05) is 7.11 Å². The molecule has 0 fully saturated rings. The molecule has 0 amide bonds. The van der Waals surface area contributed by atoms with Crippen molar-refractivity contribution in [1.82, 2.24) is 5.32 Å². The average Bonchev–Trinajstić information content (AvgIpc) is 2.39. The summed E-state index contributed by atoms with van der Waals surface area (Å²) < 4.78 is 11.3. The summed E-state index contributed by atoms with van der Waals surface area (Å²) in [6.07, 6.45) is 2.21. The Morgan fingerprint density at radius 3 is 2.50 bits per heavy atom. The Morgan fingerprint density at radius 2 is 1.95 bits per heavy atom. The predicted octanol–water partition coefficient (Wildman–Crippen LogP) is 4.41. The second kappa shape index (κ2) is 8.38. The lowest BCUT2D eigenvalue weighted by atomic mass is 10.1. The van der Waals surface area contributed by atoms with Gasteiger partial charge >= 0.3 is 0 Å². The van der Waals surface area contributed by atoms with E-state index in [2.05, 4.69) is 26.1 Å². The van der Waals surface area contributed by atoms with E-state index in [1.807, 2.05) is 19.1 Å². The van der Waals surface area contributed by atoms with Crippen molar-refractivity contribution in [3.8, 4) is 11.5 Å². The first-order valence-corrected chi connectivity index (χ1v) is 7.62. The van der Waals surface area contributed by atoms with Crippen molar-refractivity contribution in [2.24, 2.45) is 0 Å². The Morgan fingerprint density at radius 1 is 1.25 bits per heavy atom. The molecule has 0 saturated heterocycles. The van der Waals surface area contributed by atoms with Gasteiger partial charge in [0.25, 0.3) is 0 Å². The summed E-state index contributed by atoms with van der Waals surface area (Å²) in [5.74, 6) is 1.34. The Hall–Kier alpha value is -0.930. The number of nitrogens with one attached hydrogen (secondary N) is 1. The van der Waals surface area contributed by atoms with Crippen molar-refractivity contribution in [3.05, 3.63) is 22.7 Å². The minimum absolute atomic E-state index is 0.131. The first kappa shape index (κ1) is 17.1. The summed E-state index contributed by atoms with van der Waals surface area (Å²) in [5.41, 5.74) is 1.09. The molecule has 0 radical (unpaired) electrons. The van der Waals surface area contributed by atoms with Gasteiger partial charge in [-0.05, 0) is 31.0 Å². The third-order valence-corrected chi connectivity index (χ3v) is 3.30.